The smallest absolute Gasteiger partial charge is 1.00 e. The van der Waals surface area contributed by atoms with Gasteiger partial charge in [0.2, 0.25) is 0 Å². The zero-order valence-electron chi connectivity index (χ0n) is 1.63. The van der Waals surface area contributed by atoms with E-state index in [0.29, 0.717) is 0 Å². The van der Waals surface area contributed by atoms with Crippen molar-refractivity contribution in [3.8, 4) is 0 Å². The summed E-state index contributed by atoms with van der Waals surface area (Å²) in [4.78, 5) is 0. The molecule has 0 heterocycles. The molecular formula is Br3Zr-. The van der Waals surface area contributed by atoms with Crippen molar-refractivity contribution in [2.24, 2.45) is 0 Å². The van der Waals surface area contributed by atoms with Gasteiger partial charge in [0.1, 0.15) is 0 Å². The van der Waals surface area contributed by atoms with Gasteiger partial charge in [0.05, 0.1) is 0 Å². The average Bonchev–Trinajstić information content (AvgIpc) is 0. The topological polar surface area (TPSA) is 0 Å². The Morgan fingerprint density at radius 1 is 0.500 bits per heavy atom. The Bertz CT molecular complexity index is 3.25. The number of halogens is 3. The summed E-state index contributed by atoms with van der Waals surface area (Å²) < 4.78 is 0. The van der Waals surface area contributed by atoms with Crippen molar-refractivity contribution in [1.29, 1.82) is 0 Å². The van der Waals surface area contributed by atoms with Crippen LogP contribution in [0.2, 0.25) is 0 Å². The first-order chi connectivity index (χ1) is 0. The standard InChI is InChI=1S/3BrH.Zr/h3*1H;/q;;;+2/p-3. The van der Waals surface area contributed by atoms with Crippen LogP contribution in [0.5, 0.6) is 0 Å². The van der Waals surface area contributed by atoms with E-state index in [1.165, 1.54) is 0 Å². The van der Waals surface area contributed by atoms with Crippen LogP contribution in [-0.2, 0) is 26.2 Å². The van der Waals surface area contributed by atoms with E-state index in [4.69, 9.17) is 0 Å². The zero-order chi connectivity index (χ0) is 0. The molecule has 4 heavy (non-hydrogen) atoms. The molecule has 26 valence electrons. The maximum Gasteiger partial charge on any atom is 2.00 e. The van der Waals surface area contributed by atoms with Crippen LogP contribution in [0.1, 0.15) is 0 Å². The van der Waals surface area contributed by atoms with Crippen molar-refractivity contribution >= 4 is 0 Å². The first kappa shape index (κ1) is 33.2. The summed E-state index contributed by atoms with van der Waals surface area (Å²) in [5.74, 6) is 0. The van der Waals surface area contributed by atoms with Gasteiger partial charge in [0.15, 0.2) is 0 Å². The second-order valence-electron chi connectivity index (χ2n) is 0. The van der Waals surface area contributed by atoms with E-state index in [1.807, 2.05) is 0 Å². The molecule has 0 rings (SSSR count). The van der Waals surface area contributed by atoms with Crippen molar-refractivity contribution in [3.05, 3.63) is 0 Å². The molecule has 0 N–H and O–H groups in total. The van der Waals surface area contributed by atoms with Crippen LogP contribution in [0.15, 0.2) is 0 Å². The van der Waals surface area contributed by atoms with Gasteiger partial charge in [-0.3, -0.25) is 0 Å². The minimum atomic E-state index is 0. The Kier molecular flexibility index (Phi) is 153. The largest absolute Gasteiger partial charge is 2.00 e. The third-order valence-electron chi connectivity index (χ3n) is 0. The molecule has 0 bridgehead atoms. The second-order valence-corrected chi connectivity index (χ2v) is 0. The maximum absolute atomic E-state index is 0. The molecule has 0 saturated carbocycles. The van der Waals surface area contributed by atoms with Crippen molar-refractivity contribution in [1.82, 2.24) is 0 Å². The molecule has 0 aromatic carbocycles. The van der Waals surface area contributed by atoms with Gasteiger partial charge in [-0.1, -0.05) is 0 Å². The summed E-state index contributed by atoms with van der Waals surface area (Å²) in [5.41, 5.74) is 0. The van der Waals surface area contributed by atoms with Gasteiger partial charge in [-0.2, -0.15) is 0 Å². The van der Waals surface area contributed by atoms with E-state index in [0.717, 1.165) is 0 Å². The summed E-state index contributed by atoms with van der Waals surface area (Å²) in [6, 6.07) is 0. The molecule has 0 fully saturated rings. The first-order valence-electron chi connectivity index (χ1n) is 0. The minimum Gasteiger partial charge on any atom is -1.00 e. The third kappa shape index (κ3) is 8.85. The molecule has 0 aromatic heterocycles. The molecule has 0 atom stereocenters. The average molecular weight is 331 g/mol. The van der Waals surface area contributed by atoms with E-state index in [9.17, 15) is 0 Å². The van der Waals surface area contributed by atoms with Crippen LogP contribution in [0.4, 0.5) is 0 Å². The van der Waals surface area contributed by atoms with Gasteiger partial charge in [0, 0.05) is 0 Å². The SMILES string of the molecule is [Br-].[Br-].[Br-].[Zr+2]. The Labute approximate surface area is 76.2 Å². The van der Waals surface area contributed by atoms with Crippen LogP contribution in [-0.4, -0.2) is 0 Å². The Morgan fingerprint density at radius 2 is 0.500 bits per heavy atom. The predicted molar refractivity (Wildman–Crippen MR) is 0 cm³/mol. The van der Waals surface area contributed by atoms with Gasteiger partial charge in [-0.25, -0.2) is 0 Å². The van der Waals surface area contributed by atoms with Crippen LogP contribution in [0, 0.1) is 0 Å². The van der Waals surface area contributed by atoms with E-state index >= 15 is 0 Å². The summed E-state index contributed by atoms with van der Waals surface area (Å²) in [6.45, 7) is 0. The molecule has 0 unspecified atom stereocenters. The van der Waals surface area contributed by atoms with Crippen molar-refractivity contribution in [2.45, 2.75) is 0 Å². The first-order valence-corrected chi connectivity index (χ1v) is 0. The predicted octanol–water partition coefficient (Wildman–Crippen LogP) is -8.99. The molecule has 0 radical (unpaired) electrons. The summed E-state index contributed by atoms with van der Waals surface area (Å²) in [7, 11) is 0. The van der Waals surface area contributed by atoms with Gasteiger partial charge in [-0.15, -0.1) is 0 Å². The molecule has 0 spiro atoms. The van der Waals surface area contributed by atoms with Crippen molar-refractivity contribution in [2.75, 3.05) is 0 Å². The summed E-state index contributed by atoms with van der Waals surface area (Å²) in [6.07, 6.45) is 0. The van der Waals surface area contributed by atoms with E-state index < -0.39 is 0 Å². The zero-order valence-corrected chi connectivity index (χ0v) is 8.85. The molecule has 0 aliphatic rings. The fourth-order valence-electron chi connectivity index (χ4n) is 0. The van der Waals surface area contributed by atoms with E-state index in [2.05, 4.69) is 0 Å². The van der Waals surface area contributed by atoms with Gasteiger partial charge >= 0.3 is 26.2 Å². The number of hydrogen-bond donors (Lipinski definition) is 0. The fraction of sp³-hybridized carbons (Fsp3) is 0. The van der Waals surface area contributed by atoms with Crippen LogP contribution in [0.3, 0.4) is 0 Å². The molecule has 0 saturated heterocycles. The van der Waals surface area contributed by atoms with Crippen molar-refractivity contribution in [3.63, 3.8) is 0 Å². The molecule has 4 heteroatoms. The number of hydrogen-bond acceptors (Lipinski definition) is 0. The van der Waals surface area contributed by atoms with Gasteiger partial charge < -0.3 is 50.9 Å². The quantitative estimate of drug-likeness (QED) is 0.414. The maximum atomic E-state index is 0. The minimum absolute atomic E-state index is 0. The fourth-order valence-corrected chi connectivity index (χ4v) is 0. The molecule has 0 aliphatic carbocycles. The van der Waals surface area contributed by atoms with Crippen LogP contribution < -0.4 is 50.9 Å². The molecule has 0 aliphatic heterocycles. The third-order valence-corrected chi connectivity index (χ3v) is 0. The normalized spacial score (nSPS) is 0. The monoisotopic (exact) mass is 327 g/mol. The molecule has 0 amide bonds. The van der Waals surface area contributed by atoms with Crippen LogP contribution in [0.25, 0.3) is 0 Å². The summed E-state index contributed by atoms with van der Waals surface area (Å²) >= 11 is 0. The van der Waals surface area contributed by atoms with Crippen molar-refractivity contribution < 1.29 is 77.1 Å². The van der Waals surface area contributed by atoms with E-state index in [-0.39, 0.29) is 77.1 Å². The van der Waals surface area contributed by atoms with Crippen LogP contribution >= 0.6 is 0 Å². The Balaban J connectivity index is 0. The number of rotatable bonds is 0. The van der Waals surface area contributed by atoms with E-state index in [1.54, 1.807) is 0 Å². The summed E-state index contributed by atoms with van der Waals surface area (Å²) in [5, 5.41) is 0. The van der Waals surface area contributed by atoms with Gasteiger partial charge in [0.25, 0.3) is 0 Å². The molecular weight excluding hydrogens is 331 g/mol. The molecule has 0 nitrogen and oxygen atoms in total. The second kappa shape index (κ2) is 18.4. The Hall–Kier alpha value is 2.32. The van der Waals surface area contributed by atoms with Gasteiger partial charge in [-0.05, 0) is 0 Å². The molecule has 0 aromatic rings. The Morgan fingerprint density at radius 3 is 0.500 bits per heavy atom.